The van der Waals surface area contributed by atoms with Crippen molar-refractivity contribution in [1.82, 2.24) is 4.90 Å². The van der Waals surface area contributed by atoms with E-state index >= 15 is 0 Å². The molecule has 0 bridgehead atoms. The van der Waals surface area contributed by atoms with Gasteiger partial charge in [-0.2, -0.15) is 0 Å². The van der Waals surface area contributed by atoms with Gasteiger partial charge in [-0.3, -0.25) is 4.90 Å². The molecule has 2 aromatic carbocycles. The van der Waals surface area contributed by atoms with Crippen molar-refractivity contribution < 1.29 is 24.1 Å². The molecule has 2 aliphatic heterocycles. The van der Waals surface area contributed by atoms with Gasteiger partial charge in [-0.1, -0.05) is 18.2 Å². The second-order valence-electron chi connectivity index (χ2n) is 10.3. The number of carboxylic acid groups (broad SMARTS) is 1. The third-order valence-corrected chi connectivity index (χ3v) is 8.25. The molecule has 1 saturated carbocycles. The zero-order valence-corrected chi connectivity index (χ0v) is 20.8. The number of carbonyl (C=O) groups is 1. The molecular formula is C27H31FN2O4S. The minimum atomic E-state index is -1.03. The van der Waals surface area contributed by atoms with E-state index in [0.29, 0.717) is 42.0 Å². The van der Waals surface area contributed by atoms with Crippen LogP contribution in [0.2, 0.25) is 0 Å². The molecule has 186 valence electrons. The number of aromatic carboxylic acids is 1. The van der Waals surface area contributed by atoms with Crippen LogP contribution in [0.15, 0.2) is 41.3 Å². The van der Waals surface area contributed by atoms with E-state index in [4.69, 9.17) is 4.74 Å². The average Bonchev–Trinajstić information content (AvgIpc) is 3.45. The molecule has 2 fully saturated rings. The fourth-order valence-corrected chi connectivity index (χ4v) is 5.87. The van der Waals surface area contributed by atoms with Gasteiger partial charge in [0.2, 0.25) is 0 Å². The fourth-order valence-electron chi connectivity index (χ4n) is 5.10. The minimum Gasteiger partial charge on any atom is -0.492 e. The zero-order chi connectivity index (χ0) is 24.7. The number of ether oxygens (including phenoxy) is 1. The summed E-state index contributed by atoms with van der Waals surface area (Å²) in [4.78, 5) is 15.1. The SMILES string of the molecule is CC(C)(O)[C@@H]1CCN(C/C=C\c2cc(F)ccc2SNc2ccc3c(c2C(=O)O)OC[C@@H]2CC32)C1. The first kappa shape index (κ1) is 24.2. The Labute approximate surface area is 209 Å². The van der Waals surface area contributed by atoms with Gasteiger partial charge in [0.15, 0.2) is 0 Å². The Hall–Kier alpha value is -2.55. The van der Waals surface area contributed by atoms with Crippen LogP contribution in [0.1, 0.15) is 54.1 Å². The van der Waals surface area contributed by atoms with E-state index < -0.39 is 11.6 Å². The van der Waals surface area contributed by atoms with Crippen molar-refractivity contribution in [3.05, 3.63) is 58.9 Å². The third kappa shape index (κ3) is 5.20. The number of nitrogens with one attached hydrogen (secondary N) is 1. The van der Waals surface area contributed by atoms with Crippen molar-refractivity contribution in [2.75, 3.05) is 31.0 Å². The summed E-state index contributed by atoms with van der Waals surface area (Å²) in [5.74, 6) is 0.267. The molecule has 6 nitrogen and oxygen atoms in total. The first-order valence-electron chi connectivity index (χ1n) is 12.1. The number of hydrogen-bond acceptors (Lipinski definition) is 6. The summed E-state index contributed by atoms with van der Waals surface area (Å²) in [5.41, 5.74) is 1.62. The number of halogens is 1. The molecule has 0 aromatic heterocycles. The van der Waals surface area contributed by atoms with E-state index in [2.05, 4.69) is 9.62 Å². The summed E-state index contributed by atoms with van der Waals surface area (Å²) >= 11 is 1.26. The van der Waals surface area contributed by atoms with Crippen molar-refractivity contribution in [2.45, 2.75) is 43.1 Å². The lowest BCUT2D eigenvalue weighted by Crippen LogP contribution is -2.33. The number of rotatable bonds is 8. The Balaban J connectivity index is 1.29. The van der Waals surface area contributed by atoms with E-state index in [1.165, 1.54) is 24.1 Å². The number of aliphatic hydroxyl groups is 1. The van der Waals surface area contributed by atoms with Gasteiger partial charge in [0.25, 0.3) is 0 Å². The van der Waals surface area contributed by atoms with E-state index in [-0.39, 0.29) is 17.3 Å². The molecule has 0 spiro atoms. The largest absolute Gasteiger partial charge is 0.492 e. The summed E-state index contributed by atoms with van der Waals surface area (Å²) in [5, 5.41) is 20.1. The third-order valence-electron chi connectivity index (χ3n) is 7.34. The van der Waals surface area contributed by atoms with Crippen LogP contribution in [0.25, 0.3) is 6.08 Å². The standard InChI is InChI=1S/C27H31FN2O4S/c1-27(2,33)18-9-11-30(14-18)10-3-4-16-12-19(28)5-8-23(16)35-29-22-7-6-20-21-13-17(21)15-34-25(20)24(22)26(31)32/h3-8,12,17-18,21,29,33H,9-11,13-15H2,1-2H3,(H,31,32)/b4-3-/t17-,18+,21?/m0/s1. The Morgan fingerprint density at radius 2 is 2.17 bits per heavy atom. The number of fused-ring (bicyclic) bond motifs is 3. The van der Waals surface area contributed by atoms with Gasteiger partial charge in [-0.15, -0.1) is 0 Å². The summed E-state index contributed by atoms with van der Waals surface area (Å²) in [6.07, 6.45) is 5.91. The molecule has 3 N–H and O–H groups in total. The molecular weight excluding hydrogens is 467 g/mol. The molecule has 35 heavy (non-hydrogen) atoms. The highest BCUT2D eigenvalue weighted by Crippen LogP contribution is 2.55. The van der Waals surface area contributed by atoms with Gasteiger partial charge < -0.3 is 19.7 Å². The molecule has 5 rings (SSSR count). The van der Waals surface area contributed by atoms with E-state index in [0.717, 1.165) is 36.4 Å². The van der Waals surface area contributed by atoms with Gasteiger partial charge in [-0.05, 0) is 86.5 Å². The quantitative estimate of drug-likeness (QED) is 0.429. The monoisotopic (exact) mass is 498 g/mol. The number of benzene rings is 2. The maximum absolute atomic E-state index is 14.0. The van der Waals surface area contributed by atoms with Crippen molar-refractivity contribution in [1.29, 1.82) is 0 Å². The second-order valence-corrected chi connectivity index (χ2v) is 11.2. The predicted octanol–water partition coefficient (Wildman–Crippen LogP) is 5.25. The number of anilines is 1. The Morgan fingerprint density at radius 1 is 1.34 bits per heavy atom. The molecule has 1 aliphatic carbocycles. The maximum atomic E-state index is 14.0. The molecule has 8 heteroatoms. The zero-order valence-electron chi connectivity index (χ0n) is 20.0. The summed E-state index contributed by atoms with van der Waals surface area (Å²) < 4.78 is 23.0. The highest BCUT2D eigenvalue weighted by atomic mass is 32.2. The van der Waals surface area contributed by atoms with Crippen LogP contribution in [0.3, 0.4) is 0 Å². The van der Waals surface area contributed by atoms with Gasteiger partial charge in [-0.25, -0.2) is 9.18 Å². The molecule has 3 aliphatic rings. The van der Waals surface area contributed by atoms with Crippen molar-refractivity contribution in [3.63, 3.8) is 0 Å². The molecule has 0 radical (unpaired) electrons. The van der Waals surface area contributed by atoms with Crippen molar-refractivity contribution >= 4 is 29.7 Å². The first-order chi connectivity index (χ1) is 16.7. The van der Waals surface area contributed by atoms with Gasteiger partial charge >= 0.3 is 5.97 Å². The lowest BCUT2D eigenvalue weighted by atomic mass is 9.90. The van der Waals surface area contributed by atoms with Crippen LogP contribution in [-0.2, 0) is 0 Å². The average molecular weight is 499 g/mol. The van der Waals surface area contributed by atoms with Crippen LogP contribution in [0.5, 0.6) is 5.75 Å². The number of carboxylic acids is 1. The molecule has 1 unspecified atom stereocenters. The van der Waals surface area contributed by atoms with Crippen molar-refractivity contribution in [2.24, 2.45) is 11.8 Å². The second kappa shape index (κ2) is 9.48. The Morgan fingerprint density at radius 3 is 2.91 bits per heavy atom. The maximum Gasteiger partial charge on any atom is 0.341 e. The Kier molecular flexibility index (Phi) is 6.55. The number of nitrogens with zero attached hydrogens (tertiary/aromatic N) is 1. The molecule has 2 heterocycles. The smallest absolute Gasteiger partial charge is 0.341 e. The van der Waals surface area contributed by atoms with Crippen LogP contribution in [0.4, 0.5) is 10.1 Å². The number of hydrogen-bond donors (Lipinski definition) is 3. The normalized spacial score (nSPS) is 23.6. The van der Waals surface area contributed by atoms with Crippen molar-refractivity contribution in [3.8, 4) is 5.75 Å². The Bertz CT molecular complexity index is 1160. The summed E-state index contributed by atoms with van der Waals surface area (Å²) in [6, 6.07) is 8.32. The highest BCUT2D eigenvalue weighted by Gasteiger charge is 2.45. The van der Waals surface area contributed by atoms with Crippen LogP contribution < -0.4 is 9.46 Å². The van der Waals surface area contributed by atoms with E-state index in [1.807, 2.05) is 32.1 Å². The highest BCUT2D eigenvalue weighted by molar-refractivity contribution is 8.00. The lowest BCUT2D eigenvalue weighted by Gasteiger charge is -2.25. The molecule has 3 atom stereocenters. The van der Waals surface area contributed by atoms with Crippen LogP contribution in [-0.4, -0.2) is 52.9 Å². The number of likely N-dealkylation sites (tertiary alicyclic amines) is 1. The van der Waals surface area contributed by atoms with Gasteiger partial charge in [0.1, 0.15) is 17.1 Å². The fraction of sp³-hybridized carbons (Fsp3) is 0.444. The summed E-state index contributed by atoms with van der Waals surface area (Å²) in [6.45, 7) is 6.75. The lowest BCUT2D eigenvalue weighted by molar-refractivity contribution is 0.0215. The minimum absolute atomic E-state index is 0.148. The molecule has 2 aromatic rings. The molecule has 0 amide bonds. The first-order valence-corrected chi connectivity index (χ1v) is 12.9. The molecule has 1 saturated heterocycles. The van der Waals surface area contributed by atoms with Gasteiger partial charge in [0, 0.05) is 29.8 Å². The van der Waals surface area contributed by atoms with Crippen LogP contribution >= 0.6 is 11.9 Å². The predicted molar refractivity (Wildman–Crippen MR) is 136 cm³/mol. The van der Waals surface area contributed by atoms with E-state index in [9.17, 15) is 19.4 Å². The van der Waals surface area contributed by atoms with Crippen LogP contribution in [0, 0.1) is 17.7 Å². The topological polar surface area (TPSA) is 82.0 Å². The van der Waals surface area contributed by atoms with Gasteiger partial charge in [0.05, 0.1) is 17.9 Å². The van der Waals surface area contributed by atoms with E-state index in [1.54, 1.807) is 12.1 Å². The summed E-state index contributed by atoms with van der Waals surface area (Å²) in [7, 11) is 0.